The molecule has 1 radical (unpaired) electrons. The van der Waals surface area contributed by atoms with Gasteiger partial charge in [-0.1, -0.05) is 0 Å². The molecule has 3 unspecified atom stereocenters. The minimum atomic E-state index is 0.0520. The molecule has 0 aromatic carbocycles. The molecular weight excluding hydrogens is 154 g/mol. The Kier molecular flexibility index (Phi) is 2.05. The van der Waals surface area contributed by atoms with Gasteiger partial charge in [0.2, 0.25) is 5.91 Å². The molecule has 1 saturated carbocycles. The summed E-state index contributed by atoms with van der Waals surface area (Å²) < 4.78 is 5.54. The van der Waals surface area contributed by atoms with Crippen LogP contribution in [0.25, 0.3) is 0 Å². The highest BCUT2D eigenvalue weighted by atomic mass is 16.5. The maximum Gasteiger partial charge on any atom is 0.217 e. The number of hydrogen-bond donors (Lipinski definition) is 1. The van der Waals surface area contributed by atoms with Crippen molar-refractivity contribution in [3.8, 4) is 0 Å². The predicted octanol–water partition coefficient (Wildman–Crippen LogP) is 0.504. The molecule has 3 atom stereocenters. The van der Waals surface area contributed by atoms with E-state index in [-0.39, 0.29) is 11.9 Å². The van der Waals surface area contributed by atoms with Gasteiger partial charge in [-0.25, -0.2) is 0 Å². The molecule has 1 aliphatic carbocycles. The maximum absolute atomic E-state index is 10.8. The summed E-state index contributed by atoms with van der Waals surface area (Å²) in [5, 5.41) is 2.93. The highest BCUT2D eigenvalue weighted by Gasteiger charge is 2.40. The molecule has 0 aromatic heterocycles. The van der Waals surface area contributed by atoms with Crippen LogP contribution < -0.4 is 5.32 Å². The first-order valence-corrected chi connectivity index (χ1v) is 4.48. The van der Waals surface area contributed by atoms with Crippen molar-refractivity contribution in [2.24, 2.45) is 5.92 Å². The zero-order chi connectivity index (χ0) is 8.55. The second-order valence-corrected chi connectivity index (χ2v) is 3.60. The SMILES string of the molecule is CC(=O)NC1COC2C[CH]CC12. The van der Waals surface area contributed by atoms with Crippen LogP contribution in [-0.4, -0.2) is 24.7 Å². The summed E-state index contributed by atoms with van der Waals surface area (Å²) in [6.07, 6.45) is 4.78. The standard InChI is InChI=1S/C9H14NO2/c1-6(11)10-8-5-12-9-4-2-3-7(8)9/h2,7-9H,3-5H2,1H3,(H,10,11). The normalized spacial score (nSPS) is 39.6. The van der Waals surface area contributed by atoms with E-state index in [4.69, 9.17) is 4.74 Å². The van der Waals surface area contributed by atoms with Crippen molar-refractivity contribution in [2.75, 3.05) is 6.61 Å². The average Bonchev–Trinajstić information content (AvgIpc) is 2.52. The highest BCUT2D eigenvalue weighted by Crippen LogP contribution is 2.35. The van der Waals surface area contributed by atoms with Crippen LogP contribution in [-0.2, 0) is 9.53 Å². The fourth-order valence-corrected chi connectivity index (χ4v) is 2.16. The summed E-state index contributed by atoms with van der Waals surface area (Å²) in [6.45, 7) is 2.26. The number of fused-ring (bicyclic) bond motifs is 1. The van der Waals surface area contributed by atoms with Gasteiger partial charge in [0.15, 0.2) is 0 Å². The van der Waals surface area contributed by atoms with Gasteiger partial charge < -0.3 is 10.1 Å². The molecule has 1 heterocycles. The molecule has 0 bridgehead atoms. The molecule has 1 amide bonds. The minimum absolute atomic E-state index is 0.0520. The third-order valence-corrected chi connectivity index (χ3v) is 2.71. The summed E-state index contributed by atoms with van der Waals surface area (Å²) in [5.41, 5.74) is 0. The lowest BCUT2D eigenvalue weighted by molar-refractivity contribution is -0.119. The first-order chi connectivity index (χ1) is 5.77. The lowest BCUT2D eigenvalue weighted by atomic mass is 10.00. The van der Waals surface area contributed by atoms with Crippen molar-refractivity contribution in [3.63, 3.8) is 0 Å². The summed E-state index contributed by atoms with van der Waals surface area (Å²) >= 11 is 0. The smallest absolute Gasteiger partial charge is 0.217 e. The van der Waals surface area contributed by atoms with Gasteiger partial charge in [0.05, 0.1) is 18.8 Å². The van der Waals surface area contributed by atoms with Gasteiger partial charge in [-0.2, -0.15) is 0 Å². The van der Waals surface area contributed by atoms with Crippen molar-refractivity contribution in [2.45, 2.75) is 31.9 Å². The molecule has 12 heavy (non-hydrogen) atoms. The summed E-state index contributed by atoms with van der Waals surface area (Å²) in [7, 11) is 0. The number of amides is 1. The predicted molar refractivity (Wildman–Crippen MR) is 44.4 cm³/mol. The molecule has 0 aromatic rings. The lowest BCUT2D eigenvalue weighted by Gasteiger charge is -2.15. The number of carbonyl (C=O) groups is 1. The van der Waals surface area contributed by atoms with Crippen LogP contribution in [0.1, 0.15) is 19.8 Å². The maximum atomic E-state index is 10.8. The second-order valence-electron chi connectivity index (χ2n) is 3.60. The lowest BCUT2D eigenvalue weighted by Crippen LogP contribution is -2.38. The summed E-state index contributed by atoms with van der Waals surface area (Å²) in [5.74, 6) is 0.588. The van der Waals surface area contributed by atoms with Crippen molar-refractivity contribution in [1.82, 2.24) is 5.32 Å². The quantitative estimate of drug-likeness (QED) is 0.619. The van der Waals surface area contributed by atoms with Crippen LogP contribution in [0.5, 0.6) is 0 Å². The van der Waals surface area contributed by atoms with E-state index in [2.05, 4.69) is 11.7 Å². The van der Waals surface area contributed by atoms with E-state index in [0.29, 0.717) is 18.6 Å². The molecule has 2 fully saturated rings. The fourth-order valence-electron chi connectivity index (χ4n) is 2.16. The molecule has 3 nitrogen and oxygen atoms in total. The van der Waals surface area contributed by atoms with Gasteiger partial charge in [0, 0.05) is 12.8 Å². The van der Waals surface area contributed by atoms with Crippen molar-refractivity contribution in [1.29, 1.82) is 0 Å². The van der Waals surface area contributed by atoms with Gasteiger partial charge in [0.1, 0.15) is 0 Å². The zero-order valence-corrected chi connectivity index (χ0v) is 7.25. The minimum Gasteiger partial charge on any atom is -0.376 e. The zero-order valence-electron chi connectivity index (χ0n) is 7.25. The van der Waals surface area contributed by atoms with E-state index >= 15 is 0 Å². The molecule has 1 saturated heterocycles. The molecule has 1 N–H and O–H groups in total. The number of carbonyl (C=O) groups excluding carboxylic acids is 1. The van der Waals surface area contributed by atoms with Crippen LogP contribution in [0.2, 0.25) is 0 Å². The molecule has 2 aliphatic rings. The van der Waals surface area contributed by atoms with Crippen LogP contribution in [0.15, 0.2) is 0 Å². The topological polar surface area (TPSA) is 38.3 Å². The molecule has 1 aliphatic heterocycles. The average molecular weight is 168 g/mol. The molecule has 2 rings (SSSR count). The van der Waals surface area contributed by atoms with Crippen LogP contribution in [0, 0.1) is 12.3 Å². The van der Waals surface area contributed by atoms with Gasteiger partial charge in [-0.05, 0) is 19.3 Å². The monoisotopic (exact) mass is 168 g/mol. The first kappa shape index (κ1) is 8.05. The van der Waals surface area contributed by atoms with E-state index in [0.717, 1.165) is 12.8 Å². The van der Waals surface area contributed by atoms with Crippen molar-refractivity contribution < 1.29 is 9.53 Å². The highest BCUT2D eigenvalue weighted by molar-refractivity contribution is 5.73. The van der Waals surface area contributed by atoms with Crippen LogP contribution in [0.4, 0.5) is 0 Å². The second kappa shape index (κ2) is 3.05. The number of rotatable bonds is 1. The number of hydrogen-bond acceptors (Lipinski definition) is 2. The van der Waals surface area contributed by atoms with Gasteiger partial charge in [-0.3, -0.25) is 4.79 Å². The first-order valence-electron chi connectivity index (χ1n) is 4.48. The van der Waals surface area contributed by atoms with E-state index in [1.165, 1.54) is 0 Å². The molecular formula is C9H14NO2. The van der Waals surface area contributed by atoms with Gasteiger partial charge in [-0.15, -0.1) is 0 Å². The third kappa shape index (κ3) is 1.33. The Labute approximate surface area is 72.5 Å². The van der Waals surface area contributed by atoms with E-state index in [1.54, 1.807) is 6.92 Å². The van der Waals surface area contributed by atoms with Crippen LogP contribution in [0.3, 0.4) is 0 Å². The van der Waals surface area contributed by atoms with Crippen molar-refractivity contribution in [3.05, 3.63) is 6.42 Å². The largest absolute Gasteiger partial charge is 0.376 e. The fraction of sp³-hybridized carbons (Fsp3) is 0.778. The summed E-state index contributed by atoms with van der Waals surface area (Å²) in [6, 6.07) is 0.256. The van der Waals surface area contributed by atoms with Crippen LogP contribution >= 0.6 is 0 Å². The molecule has 0 spiro atoms. The Balaban J connectivity index is 1.95. The molecule has 3 heteroatoms. The Morgan fingerprint density at radius 3 is 3.17 bits per heavy atom. The Morgan fingerprint density at radius 2 is 2.42 bits per heavy atom. The summed E-state index contributed by atoms with van der Waals surface area (Å²) in [4.78, 5) is 10.8. The Hall–Kier alpha value is -0.570. The third-order valence-electron chi connectivity index (χ3n) is 2.71. The number of nitrogens with one attached hydrogen (secondary N) is 1. The Bertz CT molecular complexity index is 193. The van der Waals surface area contributed by atoms with Crippen molar-refractivity contribution >= 4 is 5.91 Å². The molecule has 67 valence electrons. The van der Waals surface area contributed by atoms with E-state index in [1.807, 2.05) is 0 Å². The van der Waals surface area contributed by atoms with E-state index in [9.17, 15) is 4.79 Å². The van der Waals surface area contributed by atoms with Gasteiger partial charge in [0.25, 0.3) is 0 Å². The van der Waals surface area contributed by atoms with E-state index < -0.39 is 0 Å². The Morgan fingerprint density at radius 1 is 1.58 bits per heavy atom. The number of ether oxygens (including phenoxy) is 1. The van der Waals surface area contributed by atoms with Gasteiger partial charge >= 0.3 is 0 Å².